The standard InChI is InChI=1S/C18H32N2O/c21-18-16-10-7-11-17(16)20(13-6-2-5-12-19-18)14-15-8-3-1-4-9-15/h15-17H,1-14H2,(H,19,21). The highest BCUT2D eigenvalue weighted by Gasteiger charge is 2.37. The molecule has 2 saturated carbocycles. The number of nitrogens with one attached hydrogen (secondary N) is 1. The van der Waals surface area contributed by atoms with Crippen LogP contribution in [0.2, 0.25) is 0 Å². The van der Waals surface area contributed by atoms with Crippen LogP contribution in [0.1, 0.15) is 70.6 Å². The highest BCUT2D eigenvalue weighted by Crippen LogP contribution is 2.33. The number of hydrogen-bond donors (Lipinski definition) is 1. The van der Waals surface area contributed by atoms with Crippen molar-refractivity contribution in [3.63, 3.8) is 0 Å². The van der Waals surface area contributed by atoms with E-state index in [-0.39, 0.29) is 5.92 Å². The molecule has 1 saturated heterocycles. The average Bonchev–Trinajstić information content (AvgIpc) is 2.99. The Balaban J connectivity index is 1.66. The van der Waals surface area contributed by atoms with Crippen molar-refractivity contribution in [3.05, 3.63) is 0 Å². The van der Waals surface area contributed by atoms with E-state index < -0.39 is 0 Å². The predicted molar refractivity (Wildman–Crippen MR) is 86.1 cm³/mol. The quantitative estimate of drug-likeness (QED) is 0.846. The van der Waals surface area contributed by atoms with Gasteiger partial charge in [0.15, 0.2) is 0 Å². The summed E-state index contributed by atoms with van der Waals surface area (Å²) in [4.78, 5) is 15.1. The number of amides is 1. The first-order valence-electron chi connectivity index (χ1n) is 9.36. The monoisotopic (exact) mass is 292 g/mol. The molecular formula is C18H32N2O. The molecule has 0 bridgehead atoms. The molecule has 3 fully saturated rings. The van der Waals surface area contributed by atoms with Crippen molar-refractivity contribution in [1.82, 2.24) is 10.2 Å². The van der Waals surface area contributed by atoms with Gasteiger partial charge in [0.25, 0.3) is 0 Å². The van der Waals surface area contributed by atoms with E-state index in [0.717, 1.165) is 25.3 Å². The summed E-state index contributed by atoms with van der Waals surface area (Å²) in [5.74, 6) is 1.51. The average molecular weight is 292 g/mol. The highest BCUT2D eigenvalue weighted by molar-refractivity contribution is 5.79. The molecule has 1 amide bonds. The van der Waals surface area contributed by atoms with E-state index >= 15 is 0 Å². The van der Waals surface area contributed by atoms with Gasteiger partial charge in [0.1, 0.15) is 0 Å². The first-order chi connectivity index (χ1) is 10.3. The minimum Gasteiger partial charge on any atom is -0.356 e. The molecule has 1 heterocycles. The zero-order valence-corrected chi connectivity index (χ0v) is 13.5. The van der Waals surface area contributed by atoms with Crippen LogP contribution >= 0.6 is 0 Å². The Hall–Kier alpha value is -0.570. The number of carbonyl (C=O) groups is 1. The van der Waals surface area contributed by atoms with Crippen LogP contribution in [0, 0.1) is 11.8 Å². The molecule has 0 aromatic rings. The molecule has 0 spiro atoms. The van der Waals surface area contributed by atoms with Crippen LogP contribution in [0.25, 0.3) is 0 Å². The fourth-order valence-electron chi connectivity index (χ4n) is 4.74. The van der Waals surface area contributed by atoms with Crippen molar-refractivity contribution in [3.8, 4) is 0 Å². The van der Waals surface area contributed by atoms with E-state index in [0.29, 0.717) is 11.9 Å². The first kappa shape index (κ1) is 15.3. The molecule has 0 radical (unpaired) electrons. The van der Waals surface area contributed by atoms with E-state index in [4.69, 9.17) is 0 Å². The van der Waals surface area contributed by atoms with Crippen LogP contribution in [0.3, 0.4) is 0 Å². The number of rotatable bonds is 2. The molecular weight excluding hydrogens is 260 g/mol. The fraction of sp³-hybridized carbons (Fsp3) is 0.944. The first-order valence-corrected chi connectivity index (χ1v) is 9.36. The SMILES string of the molecule is O=C1NCCCCCN(CC2CCCCC2)C2CCCC12. The van der Waals surface area contributed by atoms with Crippen molar-refractivity contribution in [2.75, 3.05) is 19.6 Å². The summed E-state index contributed by atoms with van der Waals surface area (Å²) in [6, 6.07) is 0.532. The Morgan fingerprint density at radius 2 is 1.71 bits per heavy atom. The van der Waals surface area contributed by atoms with Crippen LogP contribution in [-0.4, -0.2) is 36.5 Å². The van der Waals surface area contributed by atoms with Gasteiger partial charge < -0.3 is 5.32 Å². The molecule has 3 rings (SSSR count). The number of carbonyl (C=O) groups excluding carboxylic acids is 1. The zero-order chi connectivity index (χ0) is 14.5. The third-order valence-corrected chi connectivity index (χ3v) is 5.92. The van der Waals surface area contributed by atoms with Crippen molar-refractivity contribution in [2.45, 2.75) is 76.7 Å². The predicted octanol–water partition coefficient (Wildman–Crippen LogP) is 3.34. The minimum atomic E-state index is 0.270. The van der Waals surface area contributed by atoms with Crippen molar-refractivity contribution in [1.29, 1.82) is 0 Å². The van der Waals surface area contributed by atoms with E-state index in [2.05, 4.69) is 10.2 Å². The van der Waals surface area contributed by atoms with Crippen LogP contribution in [0.5, 0.6) is 0 Å². The molecule has 2 aliphatic carbocycles. The maximum Gasteiger partial charge on any atom is 0.224 e. The summed E-state index contributed by atoms with van der Waals surface area (Å²) < 4.78 is 0. The van der Waals surface area contributed by atoms with Crippen molar-refractivity contribution < 1.29 is 4.79 Å². The zero-order valence-electron chi connectivity index (χ0n) is 13.5. The summed E-state index contributed by atoms with van der Waals surface area (Å²) in [6.45, 7) is 3.38. The third kappa shape index (κ3) is 4.00. The highest BCUT2D eigenvalue weighted by atomic mass is 16.1. The summed E-state index contributed by atoms with van der Waals surface area (Å²) in [5.41, 5.74) is 0. The Bertz CT molecular complexity index is 338. The van der Waals surface area contributed by atoms with Crippen molar-refractivity contribution in [2.24, 2.45) is 11.8 Å². The normalized spacial score (nSPS) is 33.4. The molecule has 2 atom stereocenters. The van der Waals surface area contributed by atoms with Gasteiger partial charge in [-0.3, -0.25) is 9.69 Å². The Labute approximate surface area is 129 Å². The Morgan fingerprint density at radius 3 is 2.57 bits per heavy atom. The van der Waals surface area contributed by atoms with Gasteiger partial charge in [0.2, 0.25) is 5.91 Å². The molecule has 0 aromatic heterocycles. The van der Waals surface area contributed by atoms with Gasteiger partial charge in [-0.05, 0) is 51.0 Å². The van der Waals surface area contributed by atoms with Crippen LogP contribution < -0.4 is 5.32 Å². The number of hydrogen-bond acceptors (Lipinski definition) is 2. The largest absolute Gasteiger partial charge is 0.356 e. The van der Waals surface area contributed by atoms with E-state index in [1.807, 2.05) is 0 Å². The van der Waals surface area contributed by atoms with E-state index in [1.54, 1.807) is 0 Å². The third-order valence-electron chi connectivity index (χ3n) is 5.92. The summed E-state index contributed by atoms with van der Waals surface area (Å²) >= 11 is 0. The Kier molecular flexibility index (Phi) is 5.56. The van der Waals surface area contributed by atoms with E-state index in [9.17, 15) is 4.79 Å². The van der Waals surface area contributed by atoms with Gasteiger partial charge in [-0.15, -0.1) is 0 Å². The van der Waals surface area contributed by atoms with Crippen LogP contribution in [0.4, 0.5) is 0 Å². The molecule has 1 aliphatic heterocycles. The van der Waals surface area contributed by atoms with Gasteiger partial charge in [0.05, 0.1) is 5.92 Å². The lowest BCUT2D eigenvalue weighted by Crippen LogP contribution is -2.47. The maximum absolute atomic E-state index is 12.4. The van der Waals surface area contributed by atoms with Crippen LogP contribution in [-0.2, 0) is 4.79 Å². The van der Waals surface area contributed by atoms with Gasteiger partial charge in [-0.2, -0.15) is 0 Å². The summed E-state index contributed by atoms with van der Waals surface area (Å²) in [6.07, 6.45) is 14.4. The maximum atomic E-state index is 12.4. The molecule has 3 nitrogen and oxygen atoms in total. The molecule has 3 heteroatoms. The minimum absolute atomic E-state index is 0.270. The van der Waals surface area contributed by atoms with Gasteiger partial charge in [0, 0.05) is 19.1 Å². The lowest BCUT2D eigenvalue weighted by molar-refractivity contribution is -0.126. The molecule has 0 aromatic carbocycles. The molecule has 21 heavy (non-hydrogen) atoms. The fourth-order valence-corrected chi connectivity index (χ4v) is 4.74. The lowest BCUT2D eigenvalue weighted by Gasteiger charge is -2.37. The summed E-state index contributed by atoms with van der Waals surface area (Å²) in [5, 5.41) is 3.18. The second-order valence-electron chi connectivity index (χ2n) is 7.46. The second kappa shape index (κ2) is 7.62. The topological polar surface area (TPSA) is 32.3 Å². The van der Waals surface area contributed by atoms with Gasteiger partial charge >= 0.3 is 0 Å². The second-order valence-corrected chi connectivity index (χ2v) is 7.46. The van der Waals surface area contributed by atoms with Gasteiger partial charge in [-0.1, -0.05) is 32.1 Å². The van der Waals surface area contributed by atoms with E-state index in [1.165, 1.54) is 70.9 Å². The summed E-state index contributed by atoms with van der Waals surface area (Å²) in [7, 11) is 0. The lowest BCUT2D eigenvalue weighted by atomic mass is 9.88. The van der Waals surface area contributed by atoms with Crippen LogP contribution in [0.15, 0.2) is 0 Å². The van der Waals surface area contributed by atoms with Crippen molar-refractivity contribution >= 4 is 5.91 Å². The Morgan fingerprint density at radius 1 is 0.905 bits per heavy atom. The smallest absolute Gasteiger partial charge is 0.224 e. The molecule has 120 valence electrons. The number of nitrogens with zero attached hydrogens (tertiary/aromatic N) is 1. The molecule has 3 aliphatic rings. The molecule has 2 unspecified atom stereocenters. The molecule has 1 N–H and O–H groups in total. The van der Waals surface area contributed by atoms with Gasteiger partial charge in [-0.25, -0.2) is 0 Å². The number of fused-ring (bicyclic) bond motifs is 1.